The second-order valence-electron chi connectivity index (χ2n) is 10.0. The standard InChI is InChI=1S/C29H32Cl2N2O3S/c30-26-15-14-25(21-27(26)31)37(35,36)33(23-11-5-2-6-12-23)24-16-19-32(20-17-24)28-13-7-8-18-29(28,34)22-9-3-1-4-10-22/h1-6,9-12,14-15,21,24,28,34H,7-8,13,16-20H2/t28-,29+/m1/s1. The number of halogens is 2. The van der Waals surface area contributed by atoms with E-state index < -0.39 is 15.6 Å². The highest BCUT2D eigenvalue weighted by molar-refractivity contribution is 7.92. The summed E-state index contributed by atoms with van der Waals surface area (Å²) in [7, 11) is -3.88. The van der Waals surface area contributed by atoms with E-state index in [0.717, 1.165) is 31.2 Å². The van der Waals surface area contributed by atoms with E-state index in [1.165, 1.54) is 18.2 Å². The van der Waals surface area contributed by atoms with Gasteiger partial charge in [0.25, 0.3) is 10.0 Å². The van der Waals surface area contributed by atoms with Crippen molar-refractivity contribution >= 4 is 38.9 Å². The Labute approximate surface area is 229 Å². The van der Waals surface area contributed by atoms with Crippen LogP contribution in [0.3, 0.4) is 0 Å². The van der Waals surface area contributed by atoms with Crippen molar-refractivity contribution in [3.8, 4) is 0 Å². The molecule has 1 saturated carbocycles. The summed E-state index contributed by atoms with van der Waals surface area (Å²) in [5.74, 6) is 0. The molecule has 0 bridgehead atoms. The van der Waals surface area contributed by atoms with Gasteiger partial charge >= 0.3 is 0 Å². The molecule has 2 aliphatic rings. The molecule has 5 nitrogen and oxygen atoms in total. The van der Waals surface area contributed by atoms with Gasteiger partial charge in [-0.3, -0.25) is 9.21 Å². The quantitative estimate of drug-likeness (QED) is 0.376. The number of sulfonamides is 1. The Morgan fingerprint density at radius 3 is 2.14 bits per heavy atom. The van der Waals surface area contributed by atoms with E-state index in [1.54, 1.807) is 4.31 Å². The Balaban J connectivity index is 1.41. The fourth-order valence-electron chi connectivity index (χ4n) is 5.99. The number of benzene rings is 3. The van der Waals surface area contributed by atoms with Crippen LogP contribution >= 0.6 is 23.2 Å². The summed E-state index contributed by atoms with van der Waals surface area (Å²) in [5.41, 5.74) is 0.706. The number of hydrogen-bond acceptors (Lipinski definition) is 4. The number of para-hydroxylation sites is 1. The monoisotopic (exact) mass is 558 g/mol. The molecule has 3 aromatic carbocycles. The van der Waals surface area contributed by atoms with E-state index in [2.05, 4.69) is 4.90 Å². The molecule has 0 amide bonds. The van der Waals surface area contributed by atoms with Gasteiger partial charge in [0.15, 0.2) is 0 Å². The molecule has 196 valence electrons. The fraction of sp³-hybridized carbons (Fsp3) is 0.379. The van der Waals surface area contributed by atoms with Crippen LogP contribution in [0.1, 0.15) is 44.1 Å². The number of aliphatic hydroxyl groups is 1. The van der Waals surface area contributed by atoms with E-state index in [9.17, 15) is 13.5 Å². The molecule has 5 rings (SSSR count). The summed E-state index contributed by atoms with van der Waals surface area (Å²) < 4.78 is 29.4. The minimum absolute atomic E-state index is 0.0152. The van der Waals surface area contributed by atoms with E-state index >= 15 is 0 Å². The molecule has 0 aromatic heterocycles. The fourth-order valence-corrected chi connectivity index (χ4v) is 8.09. The molecule has 0 unspecified atom stereocenters. The number of anilines is 1. The Hall–Kier alpha value is -2.09. The zero-order valence-corrected chi connectivity index (χ0v) is 23.0. The second kappa shape index (κ2) is 11.0. The molecular formula is C29H32Cl2N2O3S. The normalized spacial score (nSPS) is 23.6. The summed E-state index contributed by atoms with van der Waals surface area (Å²) >= 11 is 12.3. The summed E-state index contributed by atoms with van der Waals surface area (Å²) in [5, 5.41) is 12.4. The largest absolute Gasteiger partial charge is 0.384 e. The molecule has 3 aromatic rings. The second-order valence-corrected chi connectivity index (χ2v) is 12.7. The van der Waals surface area contributed by atoms with E-state index in [-0.39, 0.29) is 22.0 Å². The first-order valence-corrected chi connectivity index (χ1v) is 15.1. The lowest BCUT2D eigenvalue weighted by atomic mass is 9.74. The number of likely N-dealkylation sites (tertiary alicyclic amines) is 1. The smallest absolute Gasteiger partial charge is 0.264 e. The Kier molecular flexibility index (Phi) is 7.85. The van der Waals surface area contributed by atoms with E-state index in [0.29, 0.717) is 36.6 Å². The lowest BCUT2D eigenvalue weighted by Gasteiger charge is -2.49. The Morgan fingerprint density at radius 2 is 1.49 bits per heavy atom. The van der Waals surface area contributed by atoms with Crippen LogP contribution in [0.15, 0.2) is 83.8 Å². The summed E-state index contributed by atoms with van der Waals surface area (Å²) in [6, 6.07) is 23.5. The Morgan fingerprint density at radius 1 is 0.838 bits per heavy atom. The van der Waals surface area contributed by atoms with Gasteiger partial charge in [-0.15, -0.1) is 0 Å². The maximum Gasteiger partial charge on any atom is 0.264 e. The predicted octanol–water partition coefficient (Wildman–Crippen LogP) is 6.48. The van der Waals surface area contributed by atoms with Gasteiger partial charge in [-0.25, -0.2) is 8.42 Å². The van der Waals surface area contributed by atoms with Crippen LogP contribution < -0.4 is 4.31 Å². The van der Waals surface area contributed by atoms with Gasteiger partial charge in [0, 0.05) is 25.2 Å². The Bertz CT molecular complexity index is 1320. The van der Waals surface area contributed by atoms with Gasteiger partial charge in [0.05, 0.1) is 20.6 Å². The van der Waals surface area contributed by atoms with Gasteiger partial charge in [0.2, 0.25) is 0 Å². The molecule has 8 heteroatoms. The first-order chi connectivity index (χ1) is 17.8. The van der Waals surface area contributed by atoms with Gasteiger partial charge in [-0.2, -0.15) is 0 Å². The average molecular weight is 560 g/mol. The van der Waals surface area contributed by atoms with E-state index in [4.69, 9.17) is 23.2 Å². The lowest BCUT2D eigenvalue weighted by Crippen LogP contribution is -2.57. The third kappa shape index (κ3) is 5.27. The number of nitrogens with zero attached hydrogens (tertiary/aromatic N) is 2. The van der Waals surface area contributed by atoms with Crippen molar-refractivity contribution in [1.82, 2.24) is 4.90 Å². The van der Waals surface area contributed by atoms with Crippen molar-refractivity contribution in [1.29, 1.82) is 0 Å². The molecule has 0 spiro atoms. The van der Waals surface area contributed by atoms with Gasteiger partial charge in [-0.05, 0) is 61.6 Å². The number of hydrogen-bond donors (Lipinski definition) is 1. The molecule has 1 aliphatic carbocycles. The lowest BCUT2D eigenvalue weighted by molar-refractivity contribution is -0.0849. The highest BCUT2D eigenvalue weighted by Crippen LogP contribution is 2.42. The minimum atomic E-state index is -3.88. The molecular weight excluding hydrogens is 527 g/mol. The molecule has 1 aliphatic heterocycles. The van der Waals surface area contributed by atoms with Gasteiger partial charge in [-0.1, -0.05) is 84.6 Å². The first-order valence-electron chi connectivity index (χ1n) is 12.9. The summed E-state index contributed by atoms with van der Waals surface area (Å²) in [6.07, 6.45) is 5.08. The van der Waals surface area contributed by atoms with Crippen molar-refractivity contribution in [3.05, 3.63) is 94.5 Å². The minimum Gasteiger partial charge on any atom is -0.384 e. The van der Waals surface area contributed by atoms with Crippen molar-refractivity contribution in [2.45, 2.75) is 61.1 Å². The molecule has 1 heterocycles. The third-order valence-corrected chi connectivity index (χ3v) is 10.5. The van der Waals surface area contributed by atoms with Crippen LogP contribution in [0.4, 0.5) is 5.69 Å². The molecule has 1 saturated heterocycles. The summed E-state index contributed by atoms with van der Waals surface area (Å²) in [4.78, 5) is 2.50. The van der Waals surface area contributed by atoms with E-state index in [1.807, 2.05) is 60.7 Å². The van der Waals surface area contributed by atoms with Crippen molar-refractivity contribution in [2.24, 2.45) is 0 Å². The zero-order valence-electron chi connectivity index (χ0n) is 20.6. The van der Waals surface area contributed by atoms with Crippen LogP contribution in [0.2, 0.25) is 10.0 Å². The average Bonchev–Trinajstić information content (AvgIpc) is 2.92. The molecule has 2 fully saturated rings. The zero-order chi connectivity index (χ0) is 26.0. The highest BCUT2D eigenvalue weighted by Gasteiger charge is 2.45. The van der Waals surface area contributed by atoms with Crippen molar-refractivity contribution < 1.29 is 13.5 Å². The number of piperidine rings is 1. The maximum absolute atomic E-state index is 13.9. The predicted molar refractivity (Wildman–Crippen MR) is 150 cm³/mol. The molecule has 0 radical (unpaired) electrons. The SMILES string of the molecule is O=S(=O)(c1ccc(Cl)c(Cl)c1)N(c1ccccc1)C1CCN([C@@H]2CCCC[C@]2(O)c2ccccc2)CC1. The van der Waals surface area contributed by atoms with Crippen molar-refractivity contribution in [3.63, 3.8) is 0 Å². The van der Waals surface area contributed by atoms with Crippen molar-refractivity contribution in [2.75, 3.05) is 17.4 Å². The molecule has 37 heavy (non-hydrogen) atoms. The maximum atomic E-state index is 13.9. The van der Waals surface area contributed by atoms with Crippen LogP contribution in [0, 0.1) is 0 Å². The highest BCUT2D eigenvalue weighted by atomic mass is 35.5. The van der Waals surface area contributed by atoms with Crippen LogP contribution in [-0.2, 0) is 15.6 Å². The first kappa shape index (κ1) is 26.5. The number of rotatable bonds is 6. The van der Waals surface area contributed by atoms with Crippen LogP contribution in [0.25, 0.3) is 0 Å². The third-order valence-electron chi connectivity index (χ3n) is 7.84. The summed E-state index contributed by atoms with van der Waals surface area (Å²) in [6.45, 7) is 1.43. The van der Waals surface area contributed by atoms with Gasteiger partial charge < -0.3 is 5.11 Å². The van der Waals surface area contributed by atoms with Crippen LogP contribution in [-0.4, -0.2) is 43.6 Å². The topological polar surface area (TPSA) is 60.9 Å². The molecule has 2 atom stereocenters. The van der Waals surface area contributed by atoms with Gasteiger partial charge in [0.1, 0.15) is 5.60 Å². The van der Waals surface area contributed by atoms with Crippen LogP contribution in [0.5, 0.6) is 0 Å². The molecule has 1 N–H and O–H groups in total.